The Hall–Kier alpha value is -3.73. The van der Waals surface area contributed by atoms with Crippen LogP contribution in [0.5, 0.6) is 11.5 Å². The van der Waals surface area contributed by atoms with Gasteiger partial charge in [0.1, 0.15) is 28.9 Å². The molecule has 8 nitrogen and oxygen atoms in total. The number of esters is 1. The van der Waals surface area contributed by atoms with Gasteiger partial charge in [-0.05, 0) is 24.3 Å². The Morgan fingerprint density at radius 1 is 1.27 bits per heavy atom. The summed E-state index contributed by atoms with van der Waals surface area (Å²) >= 11 is 0. The normalized spacial score (nSPS) is 10.6. The fraction of sp³-hybridized carbons (Fsp3) is 0.167. The van der Waals surface area contributed by atoms with Gasteiger partial charge < -0.3 is 23.9 Å². The van der Waals surface area contributed by atoms with Gasteiger partial charge >= 0.3 is 5.97 Å². The zero-order valence-corrected chi connectivity index (χ0v) is 14.1. The summed E-state index contributed by atoms with van der Waals surface area (Å²) in [6, 6.07) is 9.76. The van der Waals surface area contributed by atoms with Gasteiger partial charge in [0.25, 0.3) is 5.91 Å². The van der Waals surface area contributed by atoms with E-state index in [4.69, 9.17) is 23.9 Å². The molecule has 1 amide bonds. The predicted octanol–water partition coefficient (Wildman–Crippen LogP) is 2.39. The van der Waals surface area contributed by atoms with E-state index in [1.165, 1.54) is 26.6 Å². The molecular weight excluding hydrogens is 340 g/mol. The first-order valence-electron chi connectivity index (χ1n) is 7.41. The molecule has 0 unspecified atom stereocenters. The molecule has 0 aliphatic heterocycles. The highest BCUT2D eigenvalue weighted by Crippen LogP contribution is 2.28. The number of amides is 1. The fourth-order valence-electron chi connectivity index (χ4n) is 1.96. The molecule has 1 aromatic heterocycles. The van der Waals surface area contributed by atoms with Crippen LogP contribution >= 0.6 is 0 Å². The third-order valence-electron chi connectivity index (χ3n) is 3.19. The maximum atomic E-state index is 12.0. The maximum absolute atomic E-state index is 12.0. The fourth-order valence-corrected chi connectivity index (χ4v) is 1.96. The zero-order valence-electron chi connectivity index (χ0n) is 14.1. The molecule has 2 aromatic rings. The third-order valence-corrected chi connectivity index (χ3v) is 3.19. The molecular formula is C18H16N2O6. The lowest BCUT2D eigenvalue weighted by Gasteiger charge is -2.11. The van der Waals surface area contributed by atoms with Crippen LogP contribution < -0.4 is 14.8 Å². The molecule has 1 heterocycles. The number of carbonyl (C=O) groups excluding carboxylic acids is 2. The number of hydrogen-bond acceptors (Lipinski definition) is 7. The minimum absolute atomic E-state index is 0.285. The van der Waals surface area contributed by atoms with Gasteiger partial charge in [-0.2, -0.15) is 5.26 Å². The van der Waals surface area contributed by atoms with Gasteiger partial charge in [0.15, 0.2) is 6.61 Å². The van der Waals surface area contributed by atoms with Crippen molar-refractivity contribution >= 4 is 23.6 Å². The van der Waals surface area contributed by atoms with Crippen LogP contribution in [-0.4, -0.2) is 32.7 Å². The number of nitrogens with one attached hydrogen (secondary N) is 1. The van der Waals surface area contributed by atoms with Crippen molar-refractivity contribution in [2.24, 2.45) is 0 Å². The topological polar surface area (TPSA) is 111 Å². The van der Waals surface area contributed by atoms with Gasteiger partial charge in [0.05, 0.1) is 26.2 Å². The average molecular weight is 356 g/mol. The Bertz CT molecular complexity index is 849. The van der Waals surface area contributed by atoms with Gasteiger partial charge in [-0.1, -0.05) is 0 Å². The molecule has 0 saturated heterocycles. The number of methoxy groups -OCH3 is 2. The Balaban J connectivity index is 1.98. The van der Waals surface area contributed by atoms with Gasteiger partial charge in [0, 0.05) is 12.1 Å². The Kier molecular flexibility index (Phi) is 6.40. The molecule has 0 atom stereocenters. The molecule has 0 radical (unpaired) electrons. The predicted molar refractivity (Wildman–Crippen MR) is 91.4 cm³/mol. The molecule has 0 spiro atoms. The molecule has 1 N–H and O–H groups in total. The van der Waals surface area contributed by atoms with Crippen LogP contribution in [-0.2, 0) is 14.3 Å². The summed E-state index contributed by atoms with van der Waals surface area (Å²) in [5.74, 6) is -0.270. The third kappa shape index (κ3) is 4.88. The minimum Gasteiger partial charge on any atom is -0.497 e. The van der Waals surface area contributed by atoms with Gasteiger partial charge in [0.2, 0.25) is 0 Å². The number of ether oxygens (including phenoxy) is 3. The summed E-state index contributed by atoms with van der Waals surface area (Å²) in [5, 5.41) is 11.6. The van der Waals surface area contributed by atoms with Crippen LogP contribution in [0.4, 0.5) is 5.69 Å². The first kappa shape index (κ1) is 18.6. The van der Waals surface area contributed by atoms with E-state index < -0.39 is 18.5 Å². The number of carbonyl (C=O) groups is 2. The standard InChI is InChI=1S/C18H16N2O6/c1-23-13-5-6-16(24-2)15(9-13)20-17(21)11-26-18(22)12(10-19)8-14-4-3-7-25-14/h3-9H,11H2,1-2H3,(H,20,21)/b12-8+. The van der Waals surface area contributed by atoms with Crippen molar-refractivity contribution < 1.29 is 28.2 Å². The van der Waals surface area contributed by atoms with Crippen molar-refractivity contribution in [2.75, 3.05) is 26.1 Å². The lowest BCUT2D eigenvalue weighted by Crippen LogP contribution is -2.21. The summed E-state index contributed by atoms with van der Waals surface area (Å²) in [6.45, 7) is -0.573. The van der Waals surface area contributed by atoms with Crippen molar-refractivity contribution in [2.45, 2.75) is 0 Å². The van der Waals surface area contributed by atoms with Crippen molar-refractivity contribution in [3.8, 4) is 17.6 Å². The van der Waals surface area contributed by atoms with Crippen LogP contribution in [0, 0.1) is 11.3 Å². The Morgan fingerprint density at radius 3 is 2.69 bits per heavy atom. The van der Waals surface area contributed by atoms with E-state index in [-0.39, 0.29) is 5.57 Å². The summed E-state index contributed by atoms with van der Waals surface area (Å²) in [4.78, 5) is 23.9. The molecule has 0 aliphatic carbocycles. The Labute approximate surface area is 149 Å². The molecule has 0 bridgehead atoms. The number of nitriles is 1. The summed E-state index contributed by atoms with van der Waals surface area (Å²) in [6.07, 6.45) is 2.63. The number of furan rings is 1. The monoisotopic (exact) mass is 356 g/mol. The highest BCUT2D eigenvalue weighted by molar-refractivity contribution is 6.00. The van der Waals surface area contributed by atoms with Crippen molar-refractivity contribution in [3.63, 3.8) is 0 Å². The minimum atomic E-state index is -0.934. The maximum Gasteiger partial charge on any atom is 0.349 e. The van der Waals surface area contributed by atoms with Crippen LogP contribution in [0.2, 0.25) is 0 Å². The van der Waals surface area contributed by atoms with Crippen LogP contribution in [0.1, 0.15) is 5.76 Å². The van der Waals surface area contributed by atoms with Crippen molar-refractivity contribution in [1.82, 2.24) is 0 Å². The van der Waals surface area contributed by atoms with Gasteiger partial charge in [-0.3, -0.25) is 4.79 Å². The molecule has 2 rings (SSSR count). The smallest absolute Gasteiger partial charge is 0.349 e. The van der Waals surface area contributed by atoms with Gasteiger partial charge in [-0.15, -0.1) is 0 Å². The van der Waals surface area contributed by atoms with E-state index in [0.29, 0.717) is 22.9 Å². The van der Waals surface area contributed by atoms with E-state index in [1.54, 1.807) is 36.4 Å². The molecule has 0 saturated carbocycles. The molecule has 134 valence electrons. The lowest BCUT2D eigenvalue weighted by molar-refractivity contribution is -0.142. The largest absolute Gasteiger partial charge is 0.497 e. The van der Waals surface area contributed by atoms with E-state index in [9.17, 15) is 9.59 Å². The SMILES string of the molecule is COc1ccc(OC)c(NC(=O)COC(=O)/C(C#N)=C/c2ccco2)c1. The Morgan fingerprint density at radius 2 is 2.08 bits per heavy atom. The van der Waals surface area contributed by atoms with Crippen molar-refractivity contribution in [1.29, 1.82) is 5.26 Å². The van der Waals surface area contributed by atoms with Crippen LogP contribution in [0.3, 0.4) is 0 Å². The first-order chi connectivity index (χ1) is 12.6. The molecule has 0 aliphatic rings. The molecule has 0 fully saturated rings. The molecule has 8 heteroatoms. The summed E-state index contributed by atoms with van der Waals surface area (Å²) in [7, 11) is 2.94. The first-order valence-corrected chi connectivity index (χ1v) is 7.41. The lowest BCUT2D eigenvalue weighted by atomic mass is 10.2. The van der Waals surface area contributed by atoms with E-state index >= 15 is 0 Å². The van der Waals surface area contributed by atoms with Crippen molar-refractivity contribution in [3.05, 3.63) is 47.9 Å². The number of rotatable bonds is 7. The van der Waals surface area contributed by atoms with E-state index in [1.807, 2.05) is 0 Å². The highest BCUT2D eigenvalue weighted by Gasteiger charge is 2.15. The van der Waals surface area contributed by atoms with E-state index in [0.717, 1.165) is 0 Å². The second-order valence-corrected chi connectivity index (χ2v) is 4.88. The second kappa shape index (κ2) is 8.94. The number of nitrogens with zero attached hydrogens (tertiary/aromatic N) is 1. The highest BCUT2D eigenvalue weighted by atomic mass is 16.5. The molecule has 26 heavy (non-hydrogen) atoms. The molecule has 1 aromatic carbocycles. The van der Waals surface area contributed by atoms with Gasteiger partial charge in [-0.25, -0.2) is 4.79 Å². The number of anilines is 1. The summed E-state index contributed by atoms with van der Waals surface area (Å²) in [5.41, 5.74) is 0.0752. The van der Waals surface area contributed by atoms with Crippen LogP contribution in [0.25, 0.3) is 6.08 Å². The summed E-state index contributed by atoms with van der Waals surface area (Å²) < 4.78 is 20.1. The average Bonchev–Trinajstić information content (AvgIpc) is 3.17. The van der Waals surface area contributed by atoms with Crippen LogP contribution in [0.15, 0.2) is 46.6 Å². The zero-order chi connectivity index (χ0) is 18.9. The van der Waals surface area contributed by atoms with E-state index in [2.05, 4.69) is 5.32 Å². The quantitative estimate of drug-likeness (QED) is 0.460. The number of hydrogen-bond donors (Lipinski definition) is 1. The number of benzene rings is 1. The second-order valence-electron chi connectivity index (χ2n) is 4.88.